The molecule has 0 saturated heterocycles. The zero-order chi connectivity index (χ0) is 13.7. The molecule has 0 fully saturated rings. The second-order valence-corrected chi connectivity index (χ2v) is 5.24. The summed E-state index contributed by atoms with van der Waals surface area (Å²) in [6.07, 6.45) is 6.12. The van der Waals surface area contributed by atoms with Crippen LogP contribution in [0.3, 0.4) is 0 Å². The number of amides is 1. The van der Waals surface area contributed by atoms with Crippen LogP contribution in [0.4, 0.5) is 0 Å². The van der Waals surface area contributed by atoms with Crippen molar-refractivity contribution >= 4 is 17.2 Å². The Morgan fingerprint density at radius 1 is 1.53 bits per heavy atom. The summed E-state index contributed by atoms with van der Waals surface area (Å²) in [6, 6.07) is 0. The van der Waals surface area contributed by atoms with Gasteiger partial charge in [-0.05, 0) is 6.42 Å². The van der Waals surface area contributed by atoms with E-state index in [1.165, 1.54) is 4.88 Å². The molecular formula is C12H17N5OS. The number of hydrogen-bond donors (Lipinski definition) is 2. The summed E-state index contributed by atoms with van der Waals surface area (Å²) in [6.45, 7) is 3.70. The van der Waals surface area contributed by atoms with E-state index in [-0.39, 0.29) is 5.91 Å². The second kappa shape index (κ2) is 6.44. The number of hydrogen-bond acceptors (Lipinski definition) is 5. The third kappa shape index (κ3) is 3.62. The van der Waals surface area contributed by atoms with Crippen LogP contribution in [0.2, 0.25) is 0 Å². The predicted octanol–water partition coefficient (Wildman–Crippen LogP) is 0.791. The molecule has 0 aliphatic heterocycles. The maximum Gasteiger partial charge on any atom is 0.271 e. The van der Waals surface area contributed by atoms with E-state index >= 15 is 0 Å². The van der Waals surface area contributed by atoms with Crippen LogP contribution in [0.25, 0.3) is 0 Å². The van der Waals surface area contributed by atoms with Gasteiger partial charge in [0.1, 0.15) is 10.7 Å². The smallest absolute Gasteiger partial charge is 0.271 e. The molecule has 2 aromatic rings. The third-order valence-electron chi connectivity index (χ3n) is 2.60. The average Bonchev–Trinajstić information content (AvgIpc) is 3.05. The molecule has 0 unspecified atom stereocenters. The minimum Gasteiger partial charge on any atom is -0.344 e. The van der Waals surface area contributed by atoms with Crippen LogP contribution >= 0.6 is 11.3 Å². The molecule has 2 rings (SSSR count). The minimum atomic E-state index is -0.191. The Morgan fingerprint density at radius 2 is 2.37 bits per heavy atom. The summed E-state index contributed by atoms with van der Waals surface area (Å²) >= 11 is 1.62. The van der Waals surface area contributed by atoms with E-state index in [0.29, 0.717) is 25.3 Å². The van der Waals surface area contributed by atoms with Gasteiger partial charge in [0.2, 0.25) is 0 Å². The lowest BCUT2D eigenvalue weighted by molar-refractivity contribution is 0.0946. The first-order chi connectivity index (χ1) is 9.22. The first-order valence-electron chi connectivity index (χ1n) is 6.16. The van der Waals surface area contributed by atoms with Gasteiger partial charge in [-0.15, -0.1) is 11.3 Å². The number of thiazole rings is 1. The van der Waals surface area contributed by atoms with Crippen LogP contribution in [-0.2, 0) is 19.5 Å². The molecule has 0 radical (unpaired) electrons. The fraction of sp³-hybridized carbons (Fsp3) is 0.417. The van der Waals surface area contributed by atoms with Crippen LogP contribution < -0.4 is 11.1 Å². The highest BCUT2D eigenvalue weighted by Crippen LogP contribution is 2.12. The van der Waals surface area contributed by atoms with Crippen molar-refractivity contribution in [3.63, 3.8) is 0 Å². The van der Waals surface area contributed by atoms with Crippen molar-refractivity contribution in [3.05, 3.63) is 34.3 Å². The molecule has 19 heavy (non-hydrogen) atoms. The zero-order valence-electron chi connectivity index (χ0n) is 10.8. The minimum absolute atomic E-state index is 0.191. The van der Waals surface area contributed by atoms with Gasteiger partial charge in [-0.3, -0.25) is 4.79 Å². The Morgan fingerprint density at radius 3 is 3.05 bits per heavy atom. The first kappa shape index (κ1) is 13.7. The normalized spacial score (nSPS) is 10.6. The molecule has 2 aromatic heterocycles. The number of nitrogens with zero attached hydrogens (tertiary/aromatic N) is 3. The summed E-state index contributed by atoms with van der Waals surface area (Å²) in [4.78, 5) is 21.4. The van der Waals surface area contributed by atoms with Crippen LogP contribution in [-0.4, -0.2) is 27.0 Å². The molecule has 0 saturated carbocycles. The zero-order valence-corrected chi connectivity index (χ0v) is 11.6. The Hall–Kier alpha value is -1.73. The van der Waals surface area contributed by atoms with Gasteiger partial charge in [0.05, 0.1) is 12.9 Å². The number of imidazole rings is 1. The van der Waals surface area contributed by atoms with Crippen molar-refractivity contribution in [1.29, 1.82) is 0 Å². The van der Waals surface area contributed by atoms with E-state index in [2.05, 4.69) is 22.2 Å². The Labute approximate surface area is 115 Å². The van der Waals surface area contributed by atoms with Gasteiger partial charge in [0, 0.05) is 30.4 Å². The number of aromatic nitrogens is 3. The predicted molar refractivity (Wildman–Crippen MR) is 73.9 cm³/mol. The summed E-state index contributed by atoms with van der Waals surface area (Å²) < 4.78 is 1.80. The standard InChI is InChI=1S/C12H17N5OS/c1-2-9-5-14-11(19-9)6-15-12(18)10-7-17(4-3-13)8-16-10/h5,7-8H,2-4,6,13H2,1H3,(H,15,18). The molecule has 102 valence electrons. The lowest BCUT2D eigenvalue weighted by Gasteiger charge is -1.99. The van der Waals surface area contributed by atoms with Gasteiger partial charge in [-0.1, -0.05) is 6.92 Å². The van der Waals surface area contributed by atoms with E-state index in [1.54, 1.807) is 28.4 Å². The summed E-state index contributed by atoms with van der Waals surface area (Å²) in [5, 5.41) is 3.72. The molecule has 0 aromatic carbocycles. The van der Waals surface area contributed by atoms with Crippen LogP contribution in [0.1, 0.15) is 27.3 Å². The number of carbonyl (C=O) groups excluding carboxylic acids is 1. The molecule has 7 heteroatoms. The van der Waals surface area contributed by atoms with Gasteiger partial charge in [-0.2, -0.15) is 0 Å². The van der Waals surface area contributed by atoms with Crippen molar-refractivity contribution in [2.75, 3.05) is 6.54 Å². The van der Waals surface area contributed by atoms with Gasteiger partial charge in [-0.25, -0.2) is 9.97 Å². The maximum absolute atomic E-state index is 11.9. The molecule has 6 nitrogen and oxygen atoms in total. The third-order valence-corrected chi connectivity index (χ3v) is 3.74. The molecule has 0 aliphatic carbocycles. The maximum atomic E-state index is 11.9. The highest BCUT2D eigenvalue weighted by Gasteiger charge is 2.09. The Bertz CT molecular complexity index is 548. The van der Waals surface area contributed by atoms with Crippen molar-refractivity contribution in [2.24, 2.45) is 5.73 Å². The fourth-order valence-electron chi connectivity index (χ4n) is 1.59. The molecule has 0 aliphatic rings. The molecule has 3 N–H and O–H groups in total. The van der Waals surface area contributed by atoms with Crippen LogP contribution in [0, 0.1) is 0 Å². The molecule has 1 amide bonds. The lowest BCUT2D eigenvalue weighted by atomic mass is 10.4. The van der Waals surface area contributed by atoms with E-state index in [9.17, 15) is 4.79 Å². The molecule has 0 spiro atoms. The van der Waals surface area contributed by atoms with E-state index in [1.807, 2.05) is 6.20 Å². The highest BCUT2D eigenvalue weighted by molar-refractivity contribution is 7.11. The molecular weight excluding hydrogens is 262 g/mol. The van der Waals surface area contributed by atoms with Gasteiger partial charge in [0.15, 0.2) is 0 Å². The van der Waals surface area contributed by atoms with Crippen molar-refractivity contribution in [1.82, 2.24) is 19.9 Å². The second-order valence-electron chi connectivity index (χ2n) is 4.04. The highest BCUT2D eigenvalue weighted by atomic mass is 32.1. The summed E-state index contributed by atoms with van der Waals surface area (Å²) in [5.41, 5.74) is 5.84. The number of aryl methyl sites for hydroxylation is 1. The largest absolute Gasteiger partial charge is 0.344 e. The van der Waals surface area contributed by atoms with Crippen LogP contribution in [0.5, 0.6) is 0 Å². The van der Waals surface area contributed by atoms with Gasteiger partial charge >= 0.3 is 0 Å². The monoisotopic (exact) mass is 279 g/mol. The fourth-order valence-corrected chi connectivity index (χ4v) is 2.39. The number of nitrogens with two attached hydrogens (primary N) is 1. The molecule has 2 heterocycles. The van der Waals surface area contributed by atoms with Crippen LogP contribution in [0.15, 0.2) is 18.7 Å². The number of nitrogens with one attached hydrogen (secondary N) is 1. The van der Waals surface area contributed by atoms with Gasteiger partial charge < -0.3 is 15.6 Å². The van der Waals surface area contributed by atoms with E-state index < -0.39 is 0 Å². The van der Waals surface area contributed by atoms with Crippen molar-refractivity contribution in [2.45, 2.75) is 26.4 Å². The summed E-state index contributed by atoms with van der Waals surface area (Å²) in [7, 11) is 0. The van der Waals surface area contributed by atoms with Crippen molar-refractivity contribution in [3.8, 4) is 0 Å². The lowest BCUT2D eigenvalue weighted by Crippen LogP contribution is -2.23. The summed E-state index contributed by atoms with van der Waals surface area (Å²) in [5.74, 6) is -0.191. The van der Waals surface area contributed by atoms with E-state index in [0.717, 1.165) is 11.4 Å². The SMILES string of the molecule is CCc1cnc(CNC(=O)c2cn(CCN)cn2)s1. The Kier molecular flexibility index (Phi) is 4.64. The quantitative estimate of drug-likeness (QED) is 0.818. The van der Waals surface area contributed by atoms with Gasteiger partial charge in [0.25, 0.3) is 5.91 Å². The van der Waals surface area contributed by atoms with Crippen molar-refractivity contribution < 1.29 is 4.79 Å². The molecule has 0 atom stereocenters. The number of carbonyl (C=O) groups is 1. The van der Waals surface area contributed by atoms with E-state index in [4.69, 9.17) is 5.73 Å². The average molecular weight is 279 g/mol. The first-order valence-corrected chi connectivity index (χ1v) is 6.98. The Balaban J connectivity index is 1.89. The molecule has 0 bridgehead atoms. The number of rotatable bonds is 6. The topological polar surface area (TPSA) is 85.8 Å².